The van der Waals surface area contributed by atoms with Gasteiger partial charge in [0.25, 0.3) is 0 Å². The average molecular weight is 291 g/mol. The second kappa shape index (κ2) is 6.52. The van der Waals surface area contributed by atoms with Crippen LogP contribution >= 0.6 is 11.3 Å². The Balaban J connectivity index is 1.56. The molecule has 0 radical (unpaired) electrons. The largest absolute Gasteiger partial charge is 0.394 e. The number of aliphatic hydroxyl groups excluding tert-OH is 1. The van der Waals surface area contributed by atoms with E-state index >= 15 is 0 Å². The van der Waals surface area contributed by atoms with E-state index in [0.29, 0.717) is 12.5 Å². The molecule has 1 saturated heterocycles. The summed E-state index contributed by atoms with van der Waals surface area (Å²) in [6.45, 7) is 4.13. The third kappa shape index (κ3) is 3.11. The van der Waals surface area contributed by atoms with E-state index in [4.69, 9.17) is 5.11 Å². The quantitative estimate of drug-likeness (QED) is 0.919. The number of piperidine rings is 1. The normalized spacial score (nSPS) is 17.6. The van der Waals surface area contributed by atoms with Gasteiger partial charge in [-0.1, -0.05) is 0 Å². The van der Waals surface area contributed by atoms with Crippen LogP contribution in [-0.4, -0.2) is 39.5 Å². The van der Waals surface area contributed by atoms with Gasteiger partial charge in [-0.2, -0.15) is 16.4 Å². The molecule has 1 fully saturated rings. The number of rotatable bonds is 5. The van der Waals surface area contributed by atoms with Gasteiger partial charge in [0.05, 0.1) is 13.2 Å². The van der Waals surface area contributed by atoms with Crippen molar-refractivity contribution in [2.24, 2.45) is 0 Å². The molecule has 2 aromatic rings. The number of hydrogen-bond donors (Lipinski definition) is 1. The average Bonchev–Trinajstić information content (AvgIpc) is 3.12. The van der Waals surface area contributed by atoms with E-state index in [1.165, 1.54) is 24.1 Å². The third-order valence-electron chi connectivity index (χ3n) is 4.05. The number of aromatic nitrogens is 2. The first-order chi connectivity index (χ1) is 9.86. The summed E-state index contributed by atoms with van der Waals surface area (Å²) < 4.78 is 1.96. The molecular formula is C15H21N3OS. The molecule has 0 aliphatic carbocycles. The van der Waals surface area contributed by atoms with E-state index in [-0.39, 0.29) is 6.61 Å². The van der Waals surface area contributed by atoms with Crippen molar-refractivity contribution in [1.82, 2.24) is 14.7 Å². The molecule has 2 aromatic heterocycles. The maximum atomic E-state index is 9.08. The first kappa shape index (κ1) is 13.8. The number of hydrogen-bond acceptors (Lipinski definition) is 4. The summed E-state index contributed by atoms with van der Waals surface area (Å²) in [4.78, 5) is 2.53. The SMILES string of the molecule is OCCn1nccc1C1CCN(Cc2ccsc2)CC1. The minimum Gasteiger partial charge on any atom is -0.394 e. The van der Waals surface area contributed by atoms with Gasteiger partial charge in [0.15, 0.2) is 0 Å². The molecule has 1 aliphatic heterocycles. The second-order valence-electron chi connectivity index (χ2n) is 5.38. The number of thiophene rings is 1. The van der Waals surface area contributed by atoms with Gasteiger partial charge in [-0.25, -0.2) is 0 Å². The van der Waals surface area contributed by atoms with Gasteiger partial charge < -0.3 is 5.11 Å². The summed E-state index contributed by atoms with van der Waals surface area (Å²) in [7, 11) is 0. The van der Waals surface area contributed by atoms with Crippen molar-refractivity contribution in [3.8, 4) is 0 Å². The number of nitrogens with zero attached hydrogens (tertiary/aromatic N) is 3. The van der Waals surface area contributed by atoms with Gasteiger partial charge in [-0.15, -0.1) is 0 Å². The van der Waals surface area contributed by atoms with E-state index in [9.17, 15) is 0 Å². The zero-order chi connectivity index (χ0) is 13.8. The van der Waals surface area contributed by atoms with Gasteiger partial charge in [-0.05, 0) is 54.4 Å². The van der Waals surface area contributed by atoms with Crippen molar-refractivity contribution < 1.29 is 5.11 Å². The highest BCUT2D eigenvalue weighted by Gasteiger charge is 2.23. The van der Waals surface area contributed by atoms with E-state index in [2.05, 4.69) is 32.9 Å². The van der Waals surface area contributed by atoms with Gasteiger partial charge >= 0.3 is 0 Å². The molecule has 1 N–H and O–H groups in total. The topological polar surface area (TPSA) is 41.3 Å². The van der Waals surface area contributed by atoms with Crippen molar-refractivity contribution in [3.05, 3.63) is 40.3 Å². The van der Waals surface area contributed by atoms with Crippen LogP contribution < -0.4 is 0 Å². The minimum absolute atomic E-state index is 0.158. The predicted molar refractivity (Wildman–Crippen MR) is 80.9 cm³/mol. The molecule has 4 nitrogen and oxygen atoms in total. The molecule has 0 amide bonds. The lowest BCUT2D eigenvalue weighted by molar-refractivity contribution is 0.199. The number of aliphatic hydroxyl groups is 1. The fourth-order valence-corrected chi connectivity index (χ4v) is 3.66. The standard InChI is InChI=1S/C15H21N3OS/c19-9-8-18-15(1-5-16-18)14-2-6-17(7-3-14)11-13-4-10-20-12-13/h1,4-5,10,12,14,19H,2-3,6-9,11H2. The summed E-state index contributed by atoms with van der Waals surface area (Å²) in [5, 5.41) is 17.8. The maximum absolute atomic E-state index is 9.08. The Morgan fingerprint density at radius 1 is 1.30 bits per heavy atom. The van der Waals surface area contributed by atoms with Crippen molar-refractivity contribution >= 4 is 11.3 Å². The van der Waals surface area contributed by atoms with Crippen LogP contribution in [0.15, 0.2) is 29.1 Å². The Labute approximate surface area is 123 Å². The van der Waals surface area contributed by atoms with Crippen LogP contribution in [0.2, 0.25) is 0 Å². The van der Waals surface area contributed by atoms with Gasteiger partial charge in [-0.3, -0.25) is 9.58 Å². The molecule has 0 atom stereocenters. The highest BCUT2D eigenvalue weighted by atomic mass is 32.1. The molecule has 0 aromatic carbocycles. The summed E-state index contributed by atoms with van der Waals surface area (Å²) in [5.74, 6) is 0.586. The Kier molecular flexibility index (Phi) is 4.50. The van der Waals surface area contributed by atoms with E-state index in [1.807, 2.05) is 10.9 Å². The van der Waals surface area contributed by atoms with E-state index in [0.717, 1.165) is 19.6 Å². The summed E-state index contributed by atoms with van der Waals surface area (Å²) in [6, 6.07) is 4.32. The summed E-state index contributed by atoms with van der Waals surface area (Å²) in [6.07, 6.45) is 4.21. The van der Waals surface area contributed by atoms with E-state index in [1.54, 1.807) is 11.3 Å². The molecule has 0 bridgehead atoms. The molecule has 20 heavy (non-hydrogen) atoms. The fourth-order valence-electron chi connectivity index (χ4n) is 3.00. The van der Waals surface area contributed by atoms with Crippen molar-refractivity contribution in [2.45, 2.75) is 31.8 Å². The van der Waals surface area contributed by atoms with Crippen molar-refractivity contribution in [3.63, 3.8) is 0 Å². The monoisotopic (exact) mass is 291 g/mol. The summed E-state index contributed by atoms with van der Waals surface area (Å²) >= 11 is 1.77. The second-order valence-corrected chi connectivity index (χ2v) is 6.16. The molecule has 5 heteroatoms. The van der Waals surface area contributed by atoms with Crippen LogP contribution in [0.4, 0.5) is 0 Å². The van der Waals surface area contributed by atoms with Crippen LogP contribution in [0.3, 0.4) is 0 Å². The lowest BCUT2D eigenvalue weighted by Gasteiger charge is -2.32. The molecule has 1 aliphatic rings. The van der Waals surface area contributed by atoms with Crippen LogP contribution in [0.25, 0.3) is 0 Å². The first-order valence-corrected chi connectivity index (χ1v) is 8.17. The zero-order valence-corrected chi connectivity index (χ0v) is 12.4. The van der Waals surface area contributed by atoms with Crippen molar-refractivity contribution in [1.29, 1.82) is 0 Å². The zero-order valence-electron chi connectivity index (χ0n) is 11.6. The Hall–Kier alpha value is -1.17. The first-order valence-electron chi connectivity index (χ1n) is 7.23. The molecule has 3 heterocycles. The van der Waals surface area contributed by atoms with Crippen molar-refractivity contribution in [2.75, 3.05) is 19.7 Å². The van der Waals surface area contributed by atoms with E-state index < -0.39 is 0 Å². The van der Waals surface area contributed by atoms with Crippen LogP contribution in [0.1, 0.15) is 30.0 Å². The van der Waals surface area contributed by atoms with Crippen LogP contribution in [-0.2, 0) is 13.1 Å². The molecule has 0 spiro atoms. The highest BCUT2D eigenvalue weighted by Crippen LogP contribution is 2.28. The lowest BCUT2D eigenvalue weighted by Crippen LogP contribution is -2.33. The molecule has 0 saturated carbocycles. The molecule has 3 rings (SSSR count). The van der Waals surface area contributed by atoms with Crippen LogP contribution in [0, 0.1) is 0 Å². The Bertz CT molecular complexity index is 515. The molecular weight excluding hydrogens is 270 g/mol. The Morgan fingerprint density at radius 2 is 2.15 bits per heavy atom. The third-order valence-corrected chi connectivity index (χ3v) is 4.79. The number of likely N-dealkylation sites (tertiary alicyclic amines) is 1. The van der Waals surface area contributed by atoms with Gasteiger partial charge in [0, 0.05) is 24.4 Å². The fraction of sp³-hybridized carbons (Fsp3) is 0.533. The Morgan fingerprint density at radius 3 is 2.85 bits per heavy atom. The van der Waals surface area contributed by atoms with Crippen LogP contribution in [0.5, 0.6) is 0 Å². The minimum atomic E-state index is 0.158. The molecule has 108 valence electrons. The van der Waals surface area contributed by atoms with Gasteiger partial charge in [0.2, 0.25) is 0 Å². The smallest absolute Gasteiger partial charge is 0.0644 e. The van der Waals surface area contributed by atoms with Gasteiger partial charge in [0.1, 0.15) is 0 Å². The molecule has 0 unspecified atom stereocenters. The predicted octanol–water partition coefficient (Wildman–Crippen LogP) is 2.32. The summed E-state index contributed by atoms with van der Waals surface area (Å²) in [5.41, 5.74) is 2.72. The lowest BCUT2D eigenvalue weighted by atomic mass is 9.93. The maximum Gasteiger partial charge on any atom is 0.0644 e. The highest BCUT2D eigenvalue weighted by molar-refractivity contribution is 7.07.